The van der Waals surface area contributed by atoms with Gasteiger partial charge in [-0.2, -0.15) is 5.26 Å². The molecule has 1 amide bonds. The molecule has 1 unspecified atom stereocenters. The molecule has 1 aliphatic heterocycles. The molecule has 138 valence electrons. The molecule has 1 saturated heterocycles. The Balaban J connectivity index is 1.86. The van der Waals surface area contributed by atoms with Gasteiger partial charge in [0.2, 0.25) is 0 Å². The number of nitrogens with zero attached hydrogens (tertiary/aromatic N) is 3. The Hall–Kier alpha value is -3.17. The van der Waals surface area contributed by atoms with Crippen molar-refractivity contribution < 1.29 is 14.7 Å². The van der Waals surface area contributed by atoms with Crippen LogP contribution in [0.25, 0.3) is 11.1 Å². The van der Waals surface area contributed by atoms with E-state index in [9.17, 15) is 15.2 Å². The number of likely N-dealkylation sites (tertiary alicyclic amines) is 1. The normalized spacial score (nSPS) is 17.8. The monoisotopic (exact) mass is 363 g/mol. The van der Waals surface area contributed by atoms with Gasteiger partial charge >= 0.3 is 0 Å². The van der Waals surface area contributed by atoms with Crippen molar-refractivity contribution in [2.45, 2.75) is 19.4 Å². The number of amides is 1. The lowest BCUT2D eigenvalue weighted by Gasteiger charge is -2.22. The van der Waals surface area contributed by atoms with Crippen molar-refractivity contribution in [3.8, 4) is 17.2 Å². The Labute approximate surface area is 158 Å². The van der Waals surface area contributed by atoms with Gasteiger partial charge in [0.15, 0.2) is 0 Å². The summed E-state index contributed by atoms with van der Waals surface area (Å²) in [5.41, 5.74) is 4.55. The first-order valence-corrected chi connectivity index (χ1v) is 8.70. The number of aliphatic hydroxyl groups is 1. The van der Waals surface area contributed by atoms with Gasteiger partial charge in [-0.3, -0.25) is 4.79 Å². The molecule has 0 aromatic heterocycles. The molecule has 27 heavy (non-hydrogen) atoms. The fourth-order valence-electron chi connectivity index (χ4n) is 3.38. The molecule has 2 aromatic carbocycles. The molecule has 0 aliphatic carbocycles. The third kappa shape index (κ3) is 3.69. The minimum absolute atomic E-state index is 0.124. The van der Waals surface area contributed by atoms with E-state index in [1.807, 2.05) is 37.3 Å². The number of carbonyl (C=O) groups excluding carboxylic acids is 1. The third-order valence-corrected chi connectivity index (χ3v) is 4.78. The molecule has 0 bridgehead atoms. The van der Waals surface area contributed by atoms with Gasteiger partial charge in [0.1, 0.15) is 13.2 Å². The highest BCUT2D eigenvalue weighted by atomic mass is 16.6. The van der Waals surface area contributed by atoms with E-state index in [2.05, 4.69) is 11.2 Å². The maximum absolute atomic E-state index is 12.9. The Kier molecular flexibility index (Phi) is 5.53. The van der Waals surface area contributed by atoms with E-state index in [-0.39, 0.29) is 18.6 Å². The minimum Gasteiger partial charge on any atom is -0.399 e. The van der Waals surface area contributed by atoms with Crippen molar-refractivity contribution in [1.29, 1.82) is 5.26 Å². The first kappa shape index (κ1) is 18.6. The number of aryl methyl sites for hydroxylation is 1. The van der Waals surface area contributed by atoms with Crippen LogP contribution in [0.2, 0.25) is 0 Å². The minimum atomic E-state index is -0.298. The average Bonchev–Trinajstić information content (AvgIpc) is 3.10. The fraction of sp³-hybridized carbons (Fsp3) is 0.286. The number of benzene rings is 2. The van der Waals surface area contributed by atoms with E-state index >= 15 is 0 Å². The number of rotatable bonds is 4. The lowest BCUT2D eigenvalue weighted by Crippen LogP contribution is -2.37. The molecule has 0 radical (unpaired) electrons. The zero-order chi connectivity index (χ0) is 19.4. The maximum atomic E-state index is 12.9. The number of hydrogen-bond acceptors (Lipinski definition) is 5. The Morgan fingerprint density at radius 1 is 1.33 bits per heavy atom. The number of carbonyl (C=O) groups is 1. The van der Waals surface area contributed by atoms with Gasteiger partial charge in [0.05, 0.1) is 30.5 Å². The summed E-state index contributed by atoms with van der Waals surface area (Å²) in [6.45, 7) is 2.12. The van der Waals surface area contributed by atoms with Gasteiger partial charge < -0.3 is 14.8 Å². The number of nitriles is 1. The number of hydrogen-bond donors (Lipinski definition) is 1. The van der Waals surface area contributed by atoms with Gasteiger partial charge in [-0.15, -0.1) is 0 Å². The smallest absolute Gasteiger partial charge is 0.254 e. The molecule has 0 spiro atoms. The van der Waals surface area contributed by atoms with Gasteiger partial charge in [-0.1, -0.05) is 35.5 Å². The van der Waals surface area contributed by atoms with Crippen LogP contribution < -0.4 is 0 Å². The van der Waals surface area contributed by atoms with E-state index in [4.69, 9.17) is 4.84 Å². The van der Waals surface area contributed by atoms with Crippen molar-refractivity contribution in [2.24, 2.45) is 5.16 Å². The molecule has 1 atom stereocenters. The van der Waals surface area contributed by atoms with Crippen LogP contribution in [0.3, 0.4) is 0 Å². The van der Waals surface area contributed by atoms with Gasteiger partial charge in [0, 0.05) is 12.0 Å². The van der Waals surface area contributed by atoms with Crippen LogP contribution >= 0.6 is 0 Å². The lowest BCUT2D eigenvalue weighted by molar-refractivity contribution is 0.0680. The highest BCUT2D eigenvalue weighted by molar-refractivity contribution is 6.00. The summed E-state index contributed by atoms with van der Waals surface area (Å²) in [5.74, 6) is -0.161. The molecule has 2 aromatic rings. The molecule has 0 saturated carbocycles. The predicted octanol–water partition coefficient (Wildman–Crippen LogP) is 2.74. The van der Waals surface area contributed by atoms with Crippen LogP contribution in [0.15, 0.2) is 47.6 Å². The summed E-state index contributed by atoms with van der Waals surface area (Å²) in [6.07, 6.45) is 0.503. The first-order valence-electron chi connectivity index (χ1n) is 8.70. The summed E-state index contributed by atoms with van der Waals surface area (Å²) in [7, 11) is 1.46. The van der Waals surface area contributed by atoms with Crippen LogP contribution in [0.1, 0.15) is 27.9 Å². The summed E-state index contributed by atoms with van der Waals surface area (Å²) >= 11 is 0. The van der Waals surface area contributed by atoms with Crippen molar-refractivity contribution in [3.63, 3.8) is 0 Å². The van der Waals surface area contributed by atoms with Crippen LogP contribution in [-0.4, -0.2) is 47.9 Å². The second-order valence-electron chi connectivity index (χ2n) is 6.50. The van der Waals surface area contributed by atoms with Crippen molar-refractivity contribution in [3.05, 3.63) is 59.2 Å². The van der Waals surface area contributed by atoms with E-state index in [0.29, 0.717) is 24.1 Å². The first-order chi connectivity index (χ1) is 13.1. The largest absolute Gasteiger partial charge is 0.399 e. The second kappa shape index (κ2) is 8.02. The van der Waals surface area contributed by atoms with Gasteiger partial charge in [-0.25, -0.2) is 0 Å². The van der Waals surface area contributed by atoms with Crippen LogP contribution in [-0.2, 0) is 4.84 Å². The number of oxime groups is 1. The highest BCUT2D eigenvalue weighted by Gasteiger charge is 2.33. The summed E-state index contributed by atoms with van der Waals surface area (Å²) in [5, 5.41) is 22.9. The second-order valence-corrected chi connectivity index (χ2v) is 6.50. The SMILES string of the molecule is CO/N=C1/CC(CO)N(C(=O)c2ccc(-c3cccc(C)c3C#N)cc2)C1. The van der Waals surface area contributed by atoms with E-state index in [1.165, 1.54) is 7.11 Å². The molecule has 3 rings (SSSR count). The predicted molar refractivity (Wildman–Crippen MR) is 102 cm³/mol. The third-order valence-electron chi connectivity index (χ3n) is 4.78. The van der Waals surface area contributed by atoms with E-state index in [1.54, 1.807) is 17.0 Å². The summed E-state index contributed by atoms with van der Waals surface area (Å²) < 4.78 is 0. The molecule has 1 heterocycles. The van der Waals surface area contributed by atoms with Gasteiger partial charge in [0.25, 0.3) is 5.91 Å². The molecule has 1 fully saturated rings. The fourth-order valence-corrected chi connectivity index (χ4v) is 3.38. The molecule has 1 N–H and O–H groups in total. The van der Waals surface area contributed by atoms with E-state index in [0.717, 1.165) is 22.4 Å². The van der Waals surface area contributed by atoms with Crippen molar-refractivity contribution >= 4 is 11.6 Å². The highest BCUT2D eigenvalue weighted by Crippen LogP contribution is 2.27. The van der Waals surface area contributed by atoms with Crippen LogP contribution in [0, 0.1) is 18.3 Å². The van der Waals surface area contributed by atoms with E-state index < -0.39 is 0 Å². The topological polar surface area (TPSA) is 85.9 Å². The number of aliphatic hydroxyl groups excluding tert-OH is 1. The quantitative estimate of drug-likeness (QED) is 0.847. The summed E-state index contributed by atoms with van der Waals surface area (Å²) in [6, 6.07) is 14.9. The summed E-state index contributed by atoms with van der Waals surface area (Å²) in [4.78, 5) is 19.3. The Bertz CT molecular complexity index is 913. The standard InChI is InChI=1S/C21H21N3O3/c1-14-4-3-5-19(20(14)11-22)15-6-8-16(9-7-15)21(26)24-12-17(23-27-2)10-18(24)13-25/h3-9,18,25H,10,12-13H2,1-2H3/b23-17-. The lowest BCUT2D eigenvalue weighted by atomic mass is 9.96. The average molecular weight is 363 g/mol. The van der Waals surface area contributed by atoms with Crippen LogP contribution in [0.5, 0.6) is 0 Å². The van der Waals surface area contributed by atoms with Crippen LogP contribution in [0.4, 0.5) is 0 Å². The molecular weight excluding hydrogens is 342 g/mol. The Morgan fingerprint density at radius 3 is 2.70 bits per heavy atom. The van der Waals surface area contributed by atoms with Gasteiger partial charge in [-0.05, 0) is 35.7 Å². The molecular formula is C21H21N3O3. The van der Waals surface area contributed by atoms with Crippen molar-refractivity contribution in [2.75, 3.05) is 20.3 Å². The maximum Gasteiger partial charge on any atom is 0.254 e. The molecule has 6 heteroatoms. The zero-order valence-electron chi connectivity index (χ0n) is 15.3. The zero-order valence-corrected chi connectivity index (χ0v) is 15.3. The Morgan fingerprint density at radius 2 is 2.07 bits per heavy atom. The van der Waals surface area contributed by atoms with Crippen molar-refractivity contribution in [1.82, 2.24) is 4.90 Å². The molecule has 6 nitrogen and oxygen atoms in total. The molecule has 1 aliphatic rings.